The molecule has 0 aliphatic carbocycles. The molecule has 0 amide bonds. The molecule has 94 valence electrons. The molecular weight excluding hydrogens is 234 g/mol. The summed E-state index contributed by atoms with van der Waals surface area (Å²) < 4.78 is 32.1. The van der Waals surface area contributed by atoms with Crippen molar-refractivity contribution in [3.63, 3.8) is 0 Å². The van der Waals surface area contributed by atoms with E-state index in [1.165, 1.54) is 24.3 Å². The molecule has 0 radical (unpaired) electrons. The van der Waals surface area contributed by atoms with Crippen molar-refractivity contribution < 1.29 is 13.5 Å². The average molecular weight is 248 g/mol. The predicted molar refractivity (Wildman–Crippen MR) is 67.0 cm³/mol. The normalized spacial score (nSPS) is 10.7. The van der Waals surface area contributed by atoms with Gasteiger partial charge in [-0.25, -0.2) is 8.78 Å². The predicted octanol–water partition coefficient (Wildman–Crippen LogP) is 4.88. The van der Waals surface area contributed by atoms with Crippen molar-refractivity contribution in [1.82, 2.24) is 0 Å². The zero-order valence-corrected chi connectivity index (χ0v) is 10.3. The molecule has 0 N–H and O–H groups in total. The first-order valence-corrected chi connectivity index (χ1v) is 5.79. The highest BCUT2D eigenvalue weighted by Crippen LogP contribution is 2.27. The minimum Gasteiger partial charge on any atom is -0.454 e. The molecule has 0 aliphatic rings. The Morgan fingerprint density at radius 3 is 2.39 bits per heavy atom. The van der Waals surface area contributed by atoms with Crippen LogP contribution >= 0.6 is 0 Å². The molecule has 0 aromatic heterocycles. The van der Waals surface area contributed by atoms with Crippen LogP contribution in [0.4, 0.5) is 8.78 Å². The standard InChI is InChI=1S/C15H14F2O/c1-10(2)11-6-7-15(14(17)8-11)18-13-5-3-4-12(16)9-13/h3-10H,1-2H3. The lowest BCUT2D eigenvalue weighted by molar-refractivity contribution is 0.438. The van der Waals surface area contributed by atoms with Gasteiger partial charge in [-0.05, 0) is 35.7 Å². The topological polar surface area (TPSA) is 9.23 Å². The molecule has 18 heavy (non-hydrogen) atoms. The van der Waals surface area contributed by atoms with E-state index in [9.17, 15) is 8.78 Å². The summed E-state index contributed by atoms with van der Waals surface area (Å²) in [6.07, 6.45) is 0. The van der Waals surface area contributed by atoms with E-state index in [2.05, 4.69) is 0 Å². The van der Waals surface area contributed by atoms with Gasteiger partial charge in [0.2, 0.25) is 0 Å². The molecule has 0 spiro atoms. The van der Waals surface area contributed by atoms with Gasteiger partial charge in [-0.2, -0.15) is 0 Å². The molecule has 0 fully saturated rings. The Morgan fingerprint density at radius 2 is 1.78 bits per heavy atom. The molecule has 2 aromatic rings. The van der Waals surface area contributed by atoms with Crippen LogP contribution in [0.25, 0.3) is 0 Å². The number of rotatable bonds is 3. The maximum absolute atomic E-state index is 13.8. The molecule has 3 heteroatoms. The summed E-state index contributed by atoms with van der Waals surface area (Å²) >= 11 is 0. The van der Waals surface area contributed by atoms with E-state index in [-0.39, 0.29) is 17.4 Å². The number of hydrogen-bond donors (Lipinski definition) is 0. The molecule has 0 aliphatic heterocycles. The minimum atomic E-state index is -0.439. The van der Waals surface area contributed by atoms with Gasteiger partial charge in [0.1, 0.15) is 11.6 Å². The molecule has 2 rings (SSSR count). The highest BCUT2D eigenvalue weighted by Gasteiger charge is 2.08. The van der Waals surface area contributed by atoms with Gasteiger partial charge in [0.25, 0.3) is 0 Å². The fourth-order valence-corrected chi connectivity index (χ4v) is 1.62. The van der Waals surface area contributed by atoms with Crippen LogP contribution in [0.2, 0.25) is 0 Å². The molecule has 0 saturated heterocycles. The van der Waals surface area contributed by atoms with Gasteiger partial charge in [-0.15, -0.1) is 0 Å². The second kappa shape index (κ2) is 5.17. The van der Waals surface area contributed by atoms with Crippen LogP contribution in [0.5, 0.6) is 11.5 Å². The second-order valence-electron chi connectivity index (χ2n) is 4.40. The first-order valence-electron chi connectivity index (χ1n) is 5.79. The van der Waals surface area contributed by atoms with E-state index in [0.29, 0.717) is 0 Å². The van der Waals surface area contributed by atoms with Gasteiger partial charge in [-0.1, -0.05) is 26.0 Å². The third-order valence-electron chi connectivity index (χ3n) is 2.65. The number of benzene rings is 2. The van der Waals surface area contributed by atoms with Crippen molar-refractivity contribution >= 4 is 0 Å². The van der Waals surface area contributed by atoms with E-state index in [4.69, 9.17) is 4.74 Å². The average Bonchev–Trinajstić information content (AvgIpc) is 2.31. The maximum atomic E-state index is 13.8. The molecule has 0 bridgehead atoms. The molecule has 1 nitrogen and oxygen atoms in total. The largest absolute Gasteiger partial charge is 0.454 e. The van der Waals surface area contributed by atoms with Gasteiger partial charge < -0.3 is 4.74 Å². The Labute approximate surface area is 105 Å². The molecule has 0 unspecified atom stereocenters. The van der Waals surface area contributed by atoms with Gasteiger partial charge in [0.05, 0.1) is 0 Å². The summed E-state index contributed by atoms with van der Waals surface area (Å²) in [6.45, 7) is 3.98. The monoisotopic (exact) mass is 248 g/mol. The summed E-state index contributed by atoms with van der Waals surface area (Å²) in [5, 5.41) is 0. The van der Waals surface area contributed by atoms with Crippen molar-refractivity contribution in [1.29, 1.82) is 0 Å². The Hall–Kier alpha value is -1.90. The summed E-state index contributed by atoms with van der Waals surface area (Å²) in [5.74, 6) is -0.212. The zero-order chi connectivity index (χ0) is 13.1. The van der Waals surface area contributed by atoms with Crippen molar-refractivity contribution in [2.75, 3.05) is 0 Å². The van der Waals surface area contributed by atoms with Crippen molar-refractivity contribution in [3.05, 3.63) is 59.7 Å². The molecule has 0 heterocycles. The summed E-state index contributed by atoms with van der Waals surface area (Å²) in [5.41, 5.74) is 0.902. The molecular formula is C15H14F2O. The van der Waals surface area contributed by atoms with E-state index < -0.39 is 11.6 Å². The van der Waals surface area contributed by atoms with Crippen molar-refractivity contribution in [3.8, 4) is 11.5 Å². The van der Waals surface area contributed by atoms with Gasteiger partial charge in [0.15, 0.2) is 11.6 Å². The summed E-state index contributed by atoms with van der Waals surface area (Å²) in [6, 6.07) is 10.4. The second-order valence-corrected chi connectivity index (χ2v) is 4.40. The fourth-order valence-electron chi connectivity index (χ4n) is 1.62. The SMILES string of the molecule is CC(C)c1ccc(Oc2cccc(F)c2)c(F)c1. The third-order valence-corrected chi connectivity index (χ3v) is 2.65. The van der Waals surface area contributed by atoms with E-state index in [1.807, 2.05) is 19.9 Å². The Kier molecular flexibility index (Phi) is 3.60. The lowest BCUT2D eigenvalue weighted by Gasteiger charge is -2.10. The van der Waals surface area contributed by atoms with Crippen LogP contribution in [0.1, 0.15) is 25.3 Å². The number of hydrogen-bond acceptors (Lipinski definition) is 1. The first kappa shape index (κ1) is 12.6. The Bertz CT molecular complexity index is 550. The molecule has 0 atom stereocenters. The lowest BCUT2D eigenvalue weighted by Crippen LogP contribution is -1.93. The first-order chi connectivity index (χ1) is 8.56. The minimum absolute atomic E-state index is 0.102. The van der Waals surface area contributed by atoms with Crippen LogP contribution in [-0.4, -0.2) is 0 Å². The maximum Gasteiger partial charge on any atom is 0.166 e. The van der Waals surface area contributed by atoms with Gasteiger partial charge in [-0.3, -0.25) is 0 Å². The highest BCUT2D eigenvalue weighted by molar-refractivity contribution is 5.35. The van der Waals surface area contributed by atoms with Gasteiger partial charge in [0, 0.05) is 6.07 Å². The van der Waals surface area contributed by atoms with Crippen LogP contribution in [0.15, 0.2) is 42.5 Å². The van der Waals surface area contributed by atoms with Crippen LogP contribution in [-0.2, 0) is 0 Å². The fraction of sp³-hybridized carbons (Fsp3) is 0.200. The van der Waals surface area contributed by atoms with E-state index in [0.717, 1.165) is 5.56 Å². The van der Waals surface area contributed by atoms with E-state index in [1.54, 1.807) is 12.1 Å². The third kappa shape index (κ3) is 2.86. The Morgan fingerprint density at radius 1 is 1.00 bits per heavy atom. The Balaban J connectivity index is 2.24. The highest BCUT2D eigenvalue weighted by atomic mass is 19.1. The van der Waals surface area contributed by atoms with Crippen LogP contribution < -0.4 is 4.74 Å². The molecule has 2 aromatic carbocycles. The van der Waals surface area contributed by atoms with E-state index >= 15 is 0 Å². The van der Waals surface area contributed by atoms with Crippen LogP contribution in [0, 0.1) is 11.6 Å². The van der Waals surface area contributed by atoms with Gasteiger partial charge >= 0.3 is 0 Å². The van der Waals surface area contributed by atoms with Crippen LogP contribution in [0.3, 0.4) is 0 Å². The number of ether oxygens (including phenoxy) is 1. The summed E-state index contributed by atoms with van der Waals surface area (Å²) in [4.78, 5) is 0. The smallest absolute Gasteiger partial charge is 0.166 e. The quantitative estimate of drug-likeness (QED) is 0.752. The summed E-state index contributed by atoms with van der Waals surface area (Å²) in [7, 11) is 0. The lowest BCUT2D eigenvalue weighted by atomic mass is 10.0. The number of halogens is 2. The zero-order valence-electron chi connectivity index (χ0n) is 10.3. The van der Waals surface area contributed by atoms with Crippen molar-refractivity contribution in [2.24, 2.45) is 0 Å². The van der Waals surface area contributed by atoms with Crippen molar-refractivity contribution in [2.45, 2.75) is 19.8 Å². The molecule has 0 saturated carbocycles.